The van der Waals surface area contributed by atoms with Crippen molar-refractivity contribution in [1.29, 1.82) is 0 Å². The maximum Gasteiger partial charge on any atom is 0.204 e. The summed E-state index contributed by atoms with van der Waals surface area (Å²) in [6, 6.07) is 3.22. The van der Waals surface area contributed by atoms with Crippen molar-refractivity contribution < 1.29 is 19.0 Å². The number of nitrogens with zero attached hydrogens (tertiary/aromatic N) is 2. The van der Waals surface area contributed by atoms with Gasteiger partial charge in [-0.3, -0.25) is 4.79 Å². The molecule has 2 rings (SSSR count). The van der Waals surface area contributed by atoms with E-state index in [0.29, 0.717) is 22.8 Å². The van der Waals surface area contributed by atoms with Crippen molar-refractivity contribution in [3.8, 4) is 17.2 Å². The van der Waals surface area contributed by atoms with Crippen molar-refractivity contribution in [2.45, 2.75) is 20.1 Å². The number of rotatable bonds is 7. The molecule has 112 valence electrons. The maximum absolute atomic E-state index is 10.9. The third kappa shape index (κ3) is 3.16. The second-order valence-electron chi connectivity index (χ2n) is 4.29. The number of ether oxygens (including phenoxy) is 3. The van der Waals surface area contributed by atoms with Crippen LogP contribution in [0.15, 0.2) is 24.5 Å². The number of methoxy groups -OCH3 is 2. The third-order valence-corrected chi connectivity index (χ3v) is 3.11. The average molecular weight is 290 g/mol. The fourth-order valence-electron chi connectivity index (χ4n) is 2.02. The van der Waals surface area contributed by atoms with Crippen LogP contribution in [0.25, 0.3) is 0 Å². The van der Waals surface area contributed by atoms with E-state index in [2.05, 4.69) is 4.98 Å². The largest absolute Gasteiger partial charge is 0.493 e. The van der Waals surface area contributed by atoms with Crippen LogP contribution in [0.3, 0.4) is 0 Å². The van der Waals surface area contributed by atoms with Crippen LogP contribution in [0.4, 0.5) is 0 Å². The lowest BCUT2D eigenvalue weighted by Gasteiger charge is -2.15. The Hall–Kier alpha value is -2.50. The van der Waals surface area contributed by atoms with Crippen molar-refractivity contribution in [3.05, 3.63) is 35.9 Å². The van der Waals surface area contributed by atoms with Crippen molar-refractivity contribution >= 4 is 6.29 Å². The van der Waals surface area contributed by atoms with Gasteiger partial charge in [-0.05, 0) is 19.1 Å². The SMILES string of the molecule is CCn1ccnc1COc1c(OC)cc(C=O)cc1OC. The maximum atomic E-state index is 10.9. The molecule has 0 unspecified atom stereocenters. The summed E-state index contributed by atoms with van der Waals surface area (Å²) in [7, 11) is 3.03. The fraction of sp³-hybridized carbons (Fsp3) is 0.333. The Balaban J connectivity index is 2.28. The molecule has 0 aliphatic carbocycles. The zero-order valence-electron chi connectivity index (χ0n) is 12.3. The summed E-state index contributed by atoms with van der Waals surface area (Å²) in [6.07, 6.45) is 4.35. The van der Waals surface area contributed by atoms with Gasteiger partial charge in [-0.15, -0.1) is 0 Å². The molecule has 0 aliphatic rings. The molecule has 0 spiro atoms. The Morgan fingerprint density at radius 2 is 1.90 bits per heavy atom. The van der Waals surface area contributed by atoms with Crippen LogP contribution in [0, 0.1) is 0 Å². The summed E-state index contributed by atoms with van der Waals surface area (Å²) in [5, 5.41) is 0. The highest BCUT2D eigenvalue weighted by Gasteiger charge is 2.15. The Bertz CT molecular complexity index is 597. The lowest BCUT2D eigenvalue weighted by molar-refractivity contribution is 0.112. The normalized spacial score (nSPS) is 10.2. The average Bonchev–Trinajstić information content (AvgIpc) is 2.99. The van der Waals surface area contributed by atoms with Crippen LogP contribution in [-0.4, -0.2) is 30.1 Å². The molecule has 0 atom stereocenters. The summed E-state index contributed by atoms with van der Waals surface area (Å²) in [6.45, 7) is 3.14. The number of benzene rings is 1. The first kappa shape index (κ1) is 14.9. The van der Waals surface area contributed by atoms with E-state index in [4.69, 9.17) is 14.2 Å². The number of hydrogen-bond donors (Lipinski definition) is 0. The molecule has 6 nitrogen and oxygen atoms in total. The summed E-state index contributed by atoms with van der Waals surface area (Å²) < 4.78 is 18.3. The molecule has 0 radical (unpaired) electrons. The van der Waals surface area contributed by atoms with Crippen molar-refractivity contribution in [1.82, 2.24) is 9.55 Å². The first-order valence-corrected chi connectivity index (χ1v) is 6.57. The zero-order valence-corrected chi connectivity index (χ0v) is 12.3. The first-order chi connectivity index (χ1) is 10.2. The van der Waals surface area contributed by atoms with Gasteiger partial charge in [-0.1, -0.05) is 0 Å². The molecule has 0 bridgehead atoms. The van der Waals surface area contributed by atoms with E-state index >= 15 is 0 Å². The van der Waals surface area contributed by atoms with Crippen LogP contribution in [0.1, 0.15) is 23.1 Å². The van der Waals surface area contributed by atoms with Crippen LogP contribution in [-0.2, 0) is 13.2 Å². The molecule has 1 heterocycles. The standard InChI is InChI=1S/C15H18N2O4/c1-4-17-6-5-16-14(17)10-21-15-12(19-2)7-11(9-18)8-13(15)20-3/h5-9H,4,10H2,1-3H3. The molecule has 2 aromatic rings. The highest BCUT2D eigenvalue weighted by molar-refractivity contribution is 5.78. The molecule has 1 aromatic carbocycles. The van der Waals surface area contributed by atoms with Gasteiger partial charge >= 0.3 is 0 Å². The monoisotopic (exact) mass is 290 g/mol. The number of imidazole rings is 1. The number of carbonyl (C=O) groups excluding carboxylic acids is 1. The quantitative estimate of drug-likeness (QED) is 0.732. The first-order valence-electron chi connectivity index (χ1n) is 6.57. The lowest BCUT2D eigenvalue weighted by atomic mass is 10.2. The van der Waals surface area contributed by atoms with Gasteiger partial charge in [0.2, 0.25) is 5.75 Å². The van der Waals surface area contributed by atoms with Gasteiger partial charge in [0.15, 0.2) is 11.5 Å². The second-order valence-corrected chi connectivity index (χ2v) is 4.29. The smallest absolute Gasteiger partial charge is 0.204 e. The van der Waals surface area contributed by atoms with Crippen LogP contribution in [0.2, 0.25) is 0 Å². The molecule has 21 heavy (non-hydrogen) atoms. The van der Waals surface area contributed by atoms with E-state index in [1.54, 1.807) is 18.3 Å². The number of carbonyl (C=O) groups is 1. The van der Waals surface area contributed by atoms with Crippen LogP contribution < -0.4 is 14.2 Å². The predicted molar refractivity (Wildman–Crippen MR) is 77.2 cm³/mol. The van der Waals surface area contributed by atoms with E-state index < -0.39 is 0 Å². The van der Waals surface area contributed by atoms with E-state index in [1.165, 1.54) is 14.2 Å². The number of aldehydes is 1. The molecule has 0 saturated carbocycles. The summed E-state index contributed by atoms with van der Waals surface area (Å²) in [4.78, 5) is 15.2. The second kappa shape index (κ2) is 6.78. The number of hydrogen-bond acceptors (Lipinski definition) is 5. The Morgan fingerprint density at radius 1 is 1.24 bits per heavy atom. The van der Waals surface area contributed by atoms with Crippen LogP contribution >= 0.6 is 0 Å². The van der Waals surface area contributed by atoms with Crippen molar-refractivity contribution in [2.24, 2.45) is 0 Å². The molecule has 0 saturated heterocycles. The van der Waals surface area contributed by atoms with E-state index in [9.17, 15) is 4.79 Å². The van der Waals surface area contributed by atoms with Crippen molar-refractivity contribution in [2.75, 3.05) is 14.2 Å². The minimum absolute atomic E-state index is 0.286. The molecule has 1 aromatic heterocycles. The highest BCUT2D eigenvalue weighted by Crippen LogP contribution is 2.38. The summed E-state index contributed by atoms with van der Waals surface area (Å²) in [5.74, 6) is 2.16. The topological polar surface area (TPSA) is 62.6 Å². The Labute approximate surface area is 123 Å². The molecule has 0 fully saturated rings. The molecule has 6 heteroatoms. The van der Waals surface area contributed by atoms with Gasteiger partial charge in [-0.25, -0.2) is 4.98 Å². The Morgan fingerprint density at radius 3 is 2.43 bits per heavy atom. The molecular formula is C15H18N2O4. The Kier molecular flexibility index (Phi) is 4.81. The molecule has 0 aliphatic heterocycles. The minimum atomic E-state index is 0.286. The minimum Gasteiger partial charge on any atom is -0.493 e. The molecule has 0 N–H and O–H groups in total. The van der Waals surface area contributed by atoms with Gasteiger partial charge in [0, 0.05) is 24.5 Å². The zero-order chi connectivity index (χ0) is 15.2. The number of aryl methyl sites for hydroxylation is 1. The van der Waals surface area contributed by atoms with E-state index in [-0.39, 0.29) is 6.61 Å². The van der Waals surface area contributed by atoms with Crippen LogP contribution in [0.5, 0.6) is 17.2 Å². The van der Waals surface area contributed by atoms with Crippen molar-refractivity contribution in [3.63, 3.8) is 0 Å². The van der Waals surface area contributed by atoms with Gasteiger partial charge in [-0.2, -0.15) is 0 Å². The molecule has 0 amide bonds. The third-order valence-electron chi connectivity index (χ3n) is 3.11. The predicted octanol–water partition coefficient (Wildman–Crippen LogP) is 2.31. The fourth-order valence-corrected chi connectivity index (χ4v) is 2.02. The lowest BCUT2D eigenvalue weighted by Crippen LogP contribution is -2.07. The van der Waals surface area contributed by atoms with Gasteiger partial charge in [0.1, 0.15) is 18.7 Å². The van der Waals surface area contributed by atoms with Gasteiger partial charge < -0.3 is 18.8 Å². The number of aromatic nitrogens is 2. The summed E-state index contributed by atoms with van der Waals surface area (Å²) in [5.41, 5.74) is 0.464. The molecular weight excluding hydrogens is 272 g/mol. The highest BCUT2D eigenvalue weighted by atomic mass is 16.5. The van der Waals surface area contributed by atoms with Gasteiger partial charge in [0.25, 0.3) is 0 Å². The van der Waals surface area contributed by atoms with E-state index in [0.717, 1.165) is 18.7 Å². The van der Waals surface area contributed by atoms with Gasteiger partial charge in [0.05, 0.1) is 14.2 Å². The van der Waals surface area contributed by atoms with E-state index in [1.807, 2.05) is 17.7 Å². The summed E-state index contributed by atoms with van der Waals surface area (Å²) >= 11 is 0.